The van der Waals surface area contributed by atoms with Crippen LogP contribution in [-0.2, 0) is 0 Å². The first-order chi connectivity index (χ1) is 4.84. The van der Waals surface area contributed by atoms with Crippen molar-refractivity contribution < 1.29 is 0 Å². The van der Waals surface area contributed by atoms with Crippen molar-refractivity contribution in [1.29, 1.82) is 0 Å². The molecule has 0 radical (unpaired) electrons. The Bertz CT molecular complexity index is 191. The molecule has 0 saturated carbocycles. The average Bonchev–Trinajstić information content (AvgIpc) is 1.94. The Labute approximate surface area is 66.1 Å². The molecule has 0 bridgehead atoms. The SMILES string of the molecule is CS/N=C1/C=CC=CC1C. The summed E-state index contributed by atoms with van der Waals surface area (Å²) in [5.41, 5.74) is 1.16. The highest BCUT2D eigenvalue weighted by molar-refractivity contribution is 7.97. The van der Waals surface area contributed by atoms with Crippen LogP contribution in [0, 0.1) is 5.92 Å². The summed E-state index contributed by atoms with van der Waals surface area (Å²) in [7, 11) is 0. The van der Waals surface area contributed by atoms with Crippen molar-refractivity contribution in [2.45, 2.75) is 6.92 Å². The van der Waals surface area contributed by atoms with Gasteiger partial charge in [0.1, 0.15) is 0 Å². The van der Waals surface area contributed by atoms with E-state index in [1.807, 2.05) is 12.3 Å². The maximum absolute atomic E-state index is 4.26. The molecule has 0 aliphatic heterocycles. The van der Waals surface area contributed by atoms with Crippen LogP contribution < -0.4 is 0 Å². The predicted molar refractivity (Wildman–Crippen MR) is 48.4 cm³/mol. The Hall–Kier alpha value is -0.500. The Morgan fingerprint density at radius 3 is 2.90 bits per heavy atom. The van der Waals surface area contributed by atoms with Crippen molar-refractivity contribution in [1.82, 2.24) is 0 Å². The molecule has 0 aromatic heterocycles. The quantitative estimate of drug-likeness (QED) is 0.527. The minimum atomic E-state index is 0.484. The van der Waals surface area contributed by atoms with E-state index >= 15 is 0 Å². The largest absolute Gasteiger partial charge is 0.221 e. The van der Waals surface area contributed by atoms with E-state index in [-0.39, 0.29) is 0 Å². The normalized spacial score (nSPS) is 27.8. The molecule has 10 heavy (non-hydrogen) atoms. The van der Waals surface area contributed by atoms with Crippen LogP contribution in [0.2, 0.25) is 0 Å². The highest BCUT2D eigenvalue weighted by Gasteiger charge is 2.04. The van der Waals surface area contributed by atoms with Crippen molar-refractivity contribution in [2.24, 2.45) is 10.3 Å². The maximum Gasteiger partial charge on any atom is 0.0552 e. The first kappa shape index (κ1) is 7.61. The third-order valence-electron chi connectivity index (χ3n) is 1.44. The van der Waals surface area contributed by atoms with Gasteiger partial charge in [0.25, 0.3) is 0 Å². The van der Waals surface area contributed by atoms with E-state index in [1.165, 1.54) is 11.9 Å². The maximum atomic E-state index is 4.26. The van der Waals surface area contributed by atoms with Gasteiger partial charge in [0.05, 0.1) is 5.71 Å². The summed E-state index contributed by atoms with van der Waals surface area (Å²) in [4.78, 5) is 0. The molecular weight excluding hydrogens is 142 g/mol. The zero-order chi connectivity index (χ0) is 7.40. The lowest BCUT2D eigenvalue weighted by Gasteiger charge is -2.07. The van der Waals surface area contributed by atoms with Gasteiger partial charge in [0, 0.05) is 12.2 Å². The number of rotatable bonds is 1. The molecule has 0 fully saturated rings. The monoisotopic (exact) mass is 153 g/mol. The Balaban J connectivity index is 2.70. The molecule has 1 rings (SSSR count). The summed E-state index contributed by atoms with van der Waals surface area (Å²) in [6.07, 6.45) is 10.3. The Kier molecular flexibility index (Phi) is 2.75. The van der Waals surface area contributed by atoms with E-state index in [0.717, 1.165) is 5.71 Å². The van der Waals surface area contributed by atoms with Crippen LogP contribution in [0.5, 0.6) is 0 Å². The molecule has 0 heterocycles. The molecule has 0 saturated heterocycles. The zero-order valence-corrected chi connectivity index (χ0v) is 7.06. The van der Waals surface area contributed by atoms with Crippen LogP contribution in [-0.4, -0.2) is 12.0 Å². The summed E-state index contributed by atoms with van der Waals surface area (Å²) in [5.74, 6) is 0.484. The lowest BCUT2D eigenvalue weighted by Crippen LogP contribution is -2.06. The zero-order valence-electron chi connectivity index (χ0n) is 6.24. The van der Waals surface area contributed by atoms with Gasteiger partial charge < -0.3 is 0 Å². The predicted octanol–water partition coefficient (Wildman–Crippen LogP) is 2.47. The fourth-order valence-electron chi connectivity index (χ4n) is 0.854. The van der Waals surface area contributed by atoms with Gasteiger partial charge in [-0.3, -0.25) is 0 Å². The van der Waals surface area contributed by atoms with Gasteiger partial charge in [-0.25, -0.2) is 4.40 Å². The molecule has 1 nitrogen and oxygen atoms in total. The van der Waals surface area contributed by atoms with Gasteiger partial charge in [0.2, 0.25) is 0 Å². The molecule has 1 aliphatic carbocycles. The number of hydrogen-bond acceptors (Lipinski definition) is 2. The minimum absolute atomic E-state index is 0.484. The Morgan fingerprint density at radius 1 is 1.50 bits per heavy atom. The lowest BCUT2D eigenvalue weighted by atomic mass is 10.0. The molecule has 0 N–H and O–H groups in total. The number of allylic oxidation sites excluding steroid dienone is 4. The van der Waals surface area contributed by atoms with Crippen molar-refractivity contribution in [3.63, 3.8) is 0 Å². The second-order valence-corrected chi connectivity index (χ2v) is 2.78. The topological polar surface area (TPSA) is 12.4 Å². The summed E-state index contributed by atoms with van der Waals surface area (Å²) in [6.45, 7) is 2.15. The van der Waals surface area contributed by atoms with E-state index in [2.05, 4.69) is 29.5 Å². The third-order valence-corrected chi connectivity index (χ3v) is 1.83. The molecule has 54 valence electrons. The fourth-order valence-corrected chi connectivity index (χ4v) is 1.29. The molecule has 2 heteroatoms. The van der Waals surface area contributed by atoms with Crippen LogP contribution >= 0.6 is 11.9 Å². The second-order valence-electron chi connectivity index (χ2n) is 2.23. The summed E-state index contributed by atoms with van der Waals surface area (Å²) in [5, 5.41) is 0. The standard InChI is InChI=1S/C8H11NS/c1-7-5-3-4-6-8(7)9-10-2/h3-7H,1-2H3/b9-8-. The minimum Gasteiger partial charge on any atom is -0.221 e. The molecule has 1 unspecified atom stereocenters. The molecule has 1 atom stereocenters. The van der Waals surface area contributed by atoms with E-state index in [1.54, 1.807) is 0 Å². The molecule has 0 amide bonds. The van der Waals surface area contributed by atoms with Crippen molar-refractivity contribution in [2.75, 3.05) is 6.26 Å². The molecule has 0 aromatic rings. The molecule has 0 aromatic carbocycles. The first-order valence-electron chi connectivity index (χ1n) is 3.30. The van der Waals surface area contributed by atoms with Crippen LogP contribution in [0.25, 0.3) is 0 Å². The average molecular weight is 153 g/mol. The van der Waals surface area contributed by atoms with Gasteiger partial charge in [-0.15, -0.1) is 0 Å². The van der Waals surface area contributed by atoms with E-state index in [0.29, 0.717) is 5.92 Å². The summed E-state index contributed by atoms with van der Waals surface area (Å²) >= 11 is 1.51. The van der Waals surface area contributed by atoms with Gasteiger partial charge in [-0.1, -0.05) is 25.2 Å². The molecule has 0 spiro atoms. The highest BCUT2D eigenvalue weighted by atomic mass is 32.2. The van der Waals surface area contributed by atoms with Crippen molar-refractivity contribution >= 4 is 17.7 Å². The fraction of sp³-hybridized carbons (Fsp3) is 0.375. The van der Waals surface area contributed by atoms with Gasteiger partial charge in [-0.05, 0) is 18.0 Å². The lowest BCUT2D eigenvalue weighted by molar-refractivity contribution is 1.00. The van der Waals surface area contributed by atoms with Crippen LogP contribution in [0.15, 0.2) is 28.7 Å². The third kappa shape index (κ3) is 1.74. The highest BCUT2D eigenvalue weighted by Crippen LogP contribution is 2.11. The van der Waals surface area contributed by atoms with Gasteiger partial charge in [-0.2, -0.15) is 0 Å². The van der Waals surface area contributed by atoms with E-state index in [4.69, 9.17) is 0 Å². The summed E-state index contributed by atoms with van der Waals surface area (Å²) < 4.78 is 4.26. The van der Waals surface area contributed by atoms with E-state index in [9.17, 15) is 0 Å². The van der Waals surface area contributed by atoms with Crippen molar-refractivity contribution in [3.05, 3.63) is 24.3 Å². The van der Waals surface area contributed by atoms with Crippen LogP contribution in [0.1, 0.15) is 6.92 Å². The van der Waals surface area contributed by atoms with Gasteiger partial charge >= 0.3 is 0 Å². The second kappa shape index (κ2) is 3.62. The number of nitrogens with zero attached hydrogens (tertiary/aromatic N) is 1. The summed E-state index contributed by atoms with van der Waals surface area (Å²) in [6, 6.07) is 0. The number of hydrogen-bond donors (Lipinski definition) is 0. The van der Waals surface area contributed by atoms with E-state index < -0.39 is 0 Å². The van der Waals surface area contributed by atoms with Crippen LogP contribution in [0.3, 0.4) is 0 Å². The van der Waals surface area contributed by atoms with Crippen LogP contribution in [0.4, 0.5) is 0 Å². The van der Waals surface area contributed by atoms with Gasteiger partial charge in [0.15, 0.2) is 0 Å². The molecule has 1 aliphatic rings. The molecular formula is C8H11NS. The van der Waals surface area contributed by atoms with Crippen molar-refractivity contribution in [3.8, 4) is 0 Å². The smallest absolute Gasteiger partial charge is 0.0552 e. The first-order valence-corrected chi connectivity index (χ1v) is 4.48. The Morgan fingerprint density at radius 2 is 2.30 bits per heavy atom.